The Balaban J connectivity index is 1.71. The van der Waals surface area contributed by atoms with Crippen LogP contribution in [0.15, 0.2) is 65.2 Å². The summed E-state index contributed by atoms with van der Waals surface area (Å²) in [5, 5.41) is 15.1. The lowest BCUT2D eigenvalue weighted by Crippen LogP contribution is -2.09. The molecule has 4 aromatic rings. The van der Waals surface area contributed by atoms with Gasteiger partial charge in [-0.3, -0.25) is 0 Å². The Bertz CT molecular complexity index is 1060. The predicted molar refractivity (Wildman–Crippen MR) is 94.9 cm³/mol. The van der Waals surface area contributed by atoms with E-state index in [2.05, 4.69) is 5.16 Å². The summed E-state index contributed by atoms with van der Waals surface area (Å²) in [4.78, 5) is 11.6. The average molecular weight is 353 g/mol. The molecule has 2 aromatic heterocycles. The van der Waals surface area contributed by atoms with E-state index in [1.54, 1.807) is 22.8 Å². The van der Waals surface area contributed by atoms with Crippen LogP contribution in [-0.2, 0) is 6.54 Å². The van der Waals surface area contributed by atoms with Crippen molar-refractivity contribution in [3.63, 3.8) is 0 Å². The first-order valence-electron chi connectivity index (χ1n) is 7.65. The monoisotopic (exact) mass is 352 g/mol. The Kier molecular flexibility index (Phi) is 3.78. The van der Waals surface area contributed by atoms with E-state index in [0.717, 1.165) is 16.5 Å². The minimum absolute atomic E-state index is 0.220. The van der Waals surface area contributed by atoms with Crippen LogP contribution in [0.4, 0.5) is 0 Å². The molecule has 0 radical (unpaired) electrons. The zero-order valence-corrected chi connectivity index (χ0v) is 13.8. The van der Waals surface area contributed by atoms with Gasteiger partial charge in [0.05, 0.1) is 6.54 Å². The van der Waals surface area contributed by atoms with Gasteiger partial charge in [-0.05, 0) is 36.4 Å². The lowest BCUT2D eigenvalue weighted by Gasteiger charge is -2.05. The van der Waals surface area contributed by atoms with Crippen LogP contribution in [0.3, 0.4) is 0 Å². The second kappa shape index (κ2) is 6.11. The van der Waals surface area contributed by atoms with Gasteiger partial charge in [0, 0.05) is 27.6 Å². The van der Waals surface area contributed by atoms with Crippen molar-refractivity contribution in [2.24, 2.45) is 0 Å². The van der Waals surface area contributed by atoms with Crippen LogP contribution in [0.5, 0.6) is 0 Å². The van der Waals surface area contributed by atoms with Gasteiger partial charge in [0.2, 0.25) is 0 Å². The molecular weight excluding hydrogens is 340 g/mol. The maximum Gasteiger partial charge on any atom is 0.352 e. The van der Waals surface area contributed by atoms with Crippen molar-refractivity contribution < 1.29 is 14.4 Å². The normalized spacial score (nSPS) is 11.1. The zero-order valence-electron chi connectivity index (χ0n) is 13.0. The highest BCUT2D eigenvalue weighted by atomic mass is 35.5. The molecule has 2 heterocycles. The number of fused-ring (bicyclic) bond motifs is 1. The van der Waals surface area contributed by atoms with Crippen molar-refractivity contribution in [3.8, 4) is 11.3 Å². The zero-order chi connectivity index (χ0) is 17.4. The molecule has 4 rings (SSSR count). The molecule has 0 atom stereocenters. The van der Waals surface area contributed by atoms with E-state index in [1.165, 1.54) is 0 Å². The van der Waals surface area contributed by atoms with Gasteiger partial charge < -0.3 is 14.2 Å². The number of carbonyl (C=O) groups is 1. The second-order valence-electron chi connectivity index (χ2n) is 5.67. The van der Waals surface area contributed by atoms with Gasteiger partial charge in [-0.15, -0.1) is 0 Å². The van der Waals surface area contributed by atoms with Crippen molar-refractivity contribution in [2.45, 2.75) is 6.54 Å². The third-order valence-corrected chi connectivity index (χ3v) is 4.29. The molecule has 0 saturated heterocycles. The van der Waals surface area contributed by atoms with Crippen LogP contribution in [0.1, 0.15) is 16.2 Å². The molecule has 124 valence electrons. The summed E-state index contributed by atoms with van der Waals surface area (Å²) in [5.41, 5.74) is 2.57. The van der Waals surface area contributed by atoms with E-state index in [9.17, 15) is 9.90 Å². The molecule has 0 spiro atoms. The molecular formula is C19H13ClN2O3. The number of benzene rings is 2. The standard InChI is InChI=1S/C19H13ClN2O3/c20-14-7-5-12(6-8-14)18-10-15(21-25-18)11-22-16-4-2-1-3-13(16)9-17(22)19(23)24/h1-10H,11H2,(H,23,24). The fraction of sp³-hybridized carbons (Fsp3) is 0.0526. The van der Waals surface area contributed by atoms with Gasteiger partial charge in [-0.1, -0.05) is 35.0 Å². The van der Waals surface area contributed by atoms with Crippen molar-refractivity contribution in [1.29, 1.82) is 0 Å². The molecule has 5 nitrogen and oxygen atoms in total. The maximum atomic E-state index is 11.6. The summed E-state index contributed by atoms with van der Waals surface area (Å²) in [6.07, 6.45) is 0. The number of rotatable bonds is 4. The maximum absolute atomic E-state index is 11.6. The molecule has 25 heavy (non-hydrogen) atoms. The first-order chi connectivity index (χ1) is 12.1. The van der Waals surface area contributed by atoms with Gasteiger partial charge in [-0.2, -0.15) is 0 Å². The number of aromatic carboxylic acids is 1. The number of carboxylic acids is 1. The fourth-order valence-electron chi connectivity index (χ4n) is 2.86. The number of carboxylic acid groups (broad SMARTS) is 1. The van der Waals surface area contributed by atoms with Crippen LogP contribution in [0.2, 0.25) is 5.02 Å². The molecule has 0 aliphatic rings. The molecule has 0 aliphatic heterocycles. The summed E-state index contributed by atoms with van der Waals surface area (Å²) in [6, 6.07) is 18.3. The second-order valence-corrected chi connectivity index (χ2v) is 6.11. The van der Waals surface area contributed by atoms with Gasteiger partial charge in [0.25, 0.3) is 0 Å². The van der Waals surface area contributed by atoms with Crippen molar-refractivity contribution in [1.82, 2.24) is 9.72 Å². The molecule has 1 N–H and O–H groups in total. The van der Waals surface area contributed by atoms with E-state index >= 15 is 0 Å². The van der Waals surface area contributed by atoms with Crippen LogP contribution < -0.4 is 0 Å². The number of hydrogen-bond acceptors (Lipinski definition) is 3. The number of para-hydroxylation sites is 1. The Labute approximate surface area is 148 Å². The molecule has 0 saturated carbocycles. The molecule has 0 aliphatic carbocycles. The number of halogens is 1. The first-order valence-corrected chi connectivity index (χ1v) is 8.03. The summed E-state index contributed by atoms with van der Waals surface area (Å²) < 4.78 is 7.12. The van der Waals surface area contributed by atoms with Crippen molar-refractivity contribution in [3.05, 3.63) is 77.1 Å². The molecule has 2 aromatic carbocycles. The lowest BCUT2D eigenvalue weighted by atomic mass is 10.1. The van der Waals surface area contributed by atoms with E-state index in [1.807, 2.05) is 42.5 Å². The lowest BCUT2D eigenvalue weighted by molar-refractivity contribution is 0.0686. The summed E-state index contributed by atoms with van der Waals surface area (Å²) in [7, 11) is 0. The number of aromatic nitrogens is 2. The van der Waals surface area contributed by atoms with Gasteiger partial charge >= 0.3 is 5.97 Å². The van der Waals surface area contributed by atoms with Crippen LogP contribution in [0.25, 0.3) is 22.2 Å². The predicted octanol–water partition coefficient (Wildman–Crippen LogP) is 4.70. The quantitative estimate of drug-likeness (QED) is 0.578. The Morgan fingerprint density at radius 1 is 1.12 bits per heavy atom. The fourth-order valence-corrected chi connectivity index (χ4v) is 2.98. The summed E-state index contributed by atoms with van der Waals surface area (Å²) >= 11 is 5.90. The molecule has 0 fully saturated rings. The van der Waals surface area contributed by atoms with Crippen molar-refractivity contribution >= 4 is 28.5 Å². The summed E-state index contributed by atoms with van der Waals surface area (Å²) in [5.74, 6) is -0.363. The van der Waals surface area contributed by atoms with Gasteiger partial charge in [0.1, 0.15) is 11.4 Å². The third kappa shape index (κ3) is 2.90. The Hall–Kier alpha value is -3.05. The molecule has 6 heteroatoms. The smallest absolute Gasteiger partial charge is 0.352 e. The average Bonchev–Trinajstić information content (AvgIpc) is 3.21. The highest BCUT2D eigenvalue weighted by molar-refractivity contribution is 6.30. The molecule has 0 bridgehead atoms. The van der Waals surface area contributed by atoms with Crippen LogP contribution in [-0.4, -0.2) is 20.8 Å². The molecule has 0 unspecified atom stereocenters. The Morgan fingerprint density at radius 3 is 2.64 bits per heavy atom. The SMILES string of the molecule is O=C(O)c1cc2ccccc2n1Cc1cc(-c2ccc(Cl)cc2)on1. The van der Waals surface area contributed by atoms with E-state index in [4.69, 9.17) is 16.1 Å². The number of nitrogens with zero attached hydrogens (tertiary/aromatic N) is 2. The van der Waals surface area contributed by atoms with E-state index in [-0.39, 0.29) is 5.69 Å². The minimum atomic E-state index is -0.974. The van der Waals surface area contributed by atoms with E-state index in [0.29, 0.717) is 23.0 Å². The third-order valence-electron chi connectivity index (χ3n) is 4.04. The van der Waals surface area contributed by atoms with Crippen LogP contribution in [0, 0.1) is 0 Å². The summed E-state index contributed by atoms with van der Waals surface area (Å²) in [6.45, 7) is 0.312. The number of hydrogen-bond donors (Lipinski definition) is 1. The van der Waals surface area contributed by atoms with Crippen LogP contribution >= 0.6 is 11.6 Å². The highest BCUT2D eigenvalue weighted by Gasteiger charge is 2.16. The van der Waals surface area contributed by atoms with E-state index < -0.39 is 5.97 Å². The van der Waals surface area contributed by atoms with Gasteiger partial charge in [-0.25, -0.2) is 4.79 Å². The Morgan fingerprint density at radius 2 is 1.88 bits per heavy atom. The van der Waals surface area contributed by atoms with Crippen molar-refractivity contribution in [2.75, 3.05) is 0 Å². The highest BCUT2D eigenvalue weighted by Crippen LogP contribution is 2.25. The molecule has 0 amide bonds. The first kappa shape index (κ1) is 15.5. The largest absolute Gasteiger partial charge is 0.477 e. The minimum Gasteiger partial charge on any atom is -0.477 e. The topological polar surface area (TPSA) is 68.3 Å². The van der Waals surface area contributed by atoms with Gasteiger partial charge in [0.15, 0.2) is 5.76 Å².